The molecule has 4 rings (SSSR count). The van der Waals surface area contributed by atoms with Crippen molar-refractivity contribution >= 4 is 11.8 Å². The molecule has 0 atom stereocenters. The minimum atomic E-state index is -0.335. The maximum atomic E-state index is 12.4. The van der Waals surface area contributed by atoms with E-state index in [4.69, 9.17) is 4.74 Å². The molecule has 1 saturated heterocycles. The molecule has 2 heterocycles. The molecule has 1 aromatic carbocycles. The maximum absolute atomic E-state index is 12.4. The van der Waals surface area contributed by atoms with Gasteiger partial charge in [0.2, 0.25) is 0 Å². The van der Waals surface area contributed by atoms with Gasteiger partial charge in [0, 0.05) is 25.0 Å². The Bertz CT molecular complexity index is 661. The highest BCUT2D eigenvalue weighted by molar-refractivity contribution is 5.91. The van der Waals surface area contributed by atoms with Crippen LogP contribution < -0.4 is 4.90 Å². The van der Waals surface area contributed by atoms with Crippen LogP contribution in [0.3, 0.4) is 0 Å². The lowest BCUT2D eigenvalue weighted by atomic mass is 10.1. The van der Waals surface area contributed by atoms with Crippen molar-refractivity contribution in [2.24, 2.45) is 5.41 Å². The molecule has 1 aliphatic carbocycles. The van der Waals surface area contributed by atoms with Crippen LogP contribution in [0.1, 0.15) is 24.8 Å². The van der Waals surface area contributed by atoms with Crippen LogP contribution in [0.2, 0.25) is 0 Å². The van der Waals surface area contributed by atoms with Crippen LogP contribution in [0.4, 0.5) is 10.5 Å². The summed E-state index contributed by atoms with van der Waals surface area (Å²) in [5.41, 5.74) is 3.82. The minimum Gasteiger partial charge on any atom is -0.445 e. The molecule has 0 bridgehead atoms. The molecule has 1 spiro atoms. The molecule has 2 fully saturated rings. The van der Waals surface area contributed by atoms with Crippen LogP contribution in [0.15, 0.2) is 48.8 Å². The summed E-state index contributed by atoms with van der Waals surface area (Å²) >= 11 is 0. The highest BCUT2D eigenvalue weighted by Crippen LogP contribution is 2.56. The lowest BCUT2D eigenvalue weighted by Crippen LogP contribution is -2.27. The first-order chi connectivity index (χ1) is 10.7. The number of rotatable bonds is 2. The summed E-state index contributed by atoms with van der Waals surface area (Å²) in [6, 6.07) is 8.07. The van der Waals surface area contributed by atoms with Crippen molar-refractivity contribution in [3.63, 3.8) is 0 Å². The number of amides is 1. The van der Waals surface area contributed by atoms with E-state index < -0.39 is 0 Å². The van der Waals surface area contributed by atoms with E-state index in [-0.39, 0.29) is 12.7 Å². The van der Waals surface area contributed by atoms with Crippen molar-refractivity contribution in [1.29, 1.82) is 0 Å². The second-order valence-electron chi connectivity index (χ2n) is 6.52. The summed E-state index contributed by atoms with van der Waals surface area (Å²) in [5, 5.41) is 0. The third-order valence-electron chi connectivity index (χ3n) is 4.86. The Balaban J connectivity index is 1.71. The van der Waals surface area contributed by atoms with Gasteiger partial charge in [0.05, 0.1) is 5.69 Å². The molecule has 4 heteroatoms. The van der Waals surface area contributed by atoms with Gasteiger partial charge in [-0.1, -0.05) is 30.9 Å². The third kappa shape index (κ3) is 2.19. The lowest BCUT2D eigenvalue weighted by Gasteiger charge is -2.20. The Morgan fingerprint density at radius 2 is 2.18 bits per heavy atom. The zero-order chi connectivity index (χ0) is 15.2. The molecule has 22 heavy (non-hydrogen) atoms. The van der Waals surface area contributed by atoms with E-state index in [0.29, 0.717) is 5.41 Å². The number of fused-ring (bicyclic) bond motifs is 2. The van der Waals surface area contributed by atoms with Gasteiger partial charge in [0.1, 0.15) is 6.61 Å². The highest BCUT2D eigenvalue weighted by atomic mass is 16.6. The summed E-state index contributed by atoms with van der Waals surface area (Å²) in [7, 11) is 0. The van der Waals surface area contributed by atoms with Crippen LogP contribution in [0, 0.1) is 5.41 Å². The third-order valence-corrected chi connectivity index (χ3v) is 4.86. The number of hydrogen-bond acceptors (Lipinski definition) is 3. The molecule has 114 valence electrons. The molecule has 0 aromatic heterocycles. The van der Waals surface area contributed by atoms with Crippen LogP contribution in [-0.4, -0.2) is 24.1 Å². The predicted molar refractivity (Wildman–Crippen MR) is 85.2 cm³/mol. The number of hydrogen-bond donors (Lipinski definition) is 0. The summed E-state index contributed by atoms with van der Waals surface area (Å²) in [4.78, 5) is 16.5. The van der Waals surface area contributed by atoms with Crippen molar-refractivity contribution in [2.75, 3.05) is 18.1 Å². The number of ether oxygens (including phenoxy) is 1. The zero-order valence-electron chi connectivity index (χ0n) is 12.6. The van der Waals surface area contributed by atoms with Gasteiger partial charge in [-0.3, -0.25) is 4.90 Å². The fourth-order valence-electron chi connectivity index (χ4n) is 3.51. The van der Waals surface area contributed by atoms with E-state index in [1.807, 2.05) is 24.4 Å². The number of anilines is 1. The van der Waals surface area contributed by atoms with E-state index in [1.165, 1.54) is 24.1 Å². The number of para-hydroxylation sites is 1. The Hall–Kier alpha value is -2.23. The average Bonchev–Trinajstić information content (AvgIpc) is 3.22. The second-order valence-corrected chi connectivity index (χ2v) is 6.52. The van der Waals surface area contributed by atoms with Crippen molar-refractivity contribution in [1.82, 2.24) is 4.90 Å². The molecule has 1 amide bonds. The summed E-state index contributed by atoms with van der Waals surface area (Å²) < 4.78 is 5.26. The molecule has 1 aromatic rings. The number of nitrogens with zero attached hydrogens (tertiary/aromatic N) is 2. The molecule has 0 unspecified atom stereocenters. The Labute approximate surface area is 130 Å². The predicted octanol–water partition coefficient (Wildman–Crippen LogP) is 3.66. The minimum absolute atomic E-state index is 0.230. The van der Waals surface area contributed by atoms with E-state index in [0.717, 1.165) is 25.2 Å². The second kappa shape index (κ2) is 4.90. The van der Waals surface area contributed by atoms with E-state index in [1.54, 1.807) is 11.0 Å². The van der Waals surface area contributed by atoms with Crippen LogP contribution >= 0.6 is 0 Å². The number of allylic oxidation sites excluding steroid dienone is 1. The summed E-state index contributed by atoms with van der Waals surface area (Å²) in [5.74, 6) is 0. The van der Waals surface area contributed by atoms with Gasteiger partial charge in [0.15, 0.2) is 0 Å². The molecule has 4 nitrogen and oxygen atoms in total. The monoisotopic (exact) mass is 296 g/mol. The fraction of sp³-hybridized carbons (Fsp3) is 0.389. The van der Waals surface area contributed by atoms with E-state index in [2.05, 4.69) is 17.5 Å². The lowest BCUT2D eigenvalue weighted by molar-refractivity contribution is 0.168. The topological polar surface area (TPSA) is 32.8 Å². The first-order valence-electron chi connectivity index (χ1n) is 7.81. The smallest absolute Gasteiger partial charge is 0.418 e. The number of benzene rings is 1. The zero-order valence-corrected chi connectivity index (χ0v) is 12.6. The standard InChI is InChI=1S/C18H20N2O2/c1-2-9-22-17(21)20-12-15-10-18(7-8-18)13-19(15)11-14-5-3-4-6-16(14)20/h2-6,12H,1,7-11,13H2. The SMILES string of the molecule is C=CCOC(=O)N1C=C2CC3(CC3)CN2Cc2ccccc21. The molecular weight excluding hydrogens is 276 g/mol. The van der Waals surface area contributed by atoms with Gasteiger partial charge in [-0.2, -0.15) is 0 Å². The first kappa shape index (κ1) is 13.4. The van der Waals surface area contributed by atoms with Crippen LogP contribution in [0.5, 0.6) is 0 Å². The Morgan fingerprint density at radius 3 is 2.95 bits per heavy atom. The van der Waals surface area contributed by atoms with Crippen molar-refractivity contribution in [2.45, 2.75) is 25.8 Å². The highest BCUT2D eigenvalue weighted by Gasteiger charge is 2.50. The van der Waals surface area contributed by atoms with Crippen LogP contribution in [-0.2, 0) is 11.3 Å². The molecular formula is C18H20N2O2. The average molecular weight is 296 g/mol. The molecule has 3 aliphatic rings. The molecule has 1 saturated carbocycles. The van der Waals surface area contributed by atoms with Gasteiger partial charge >= 0.3 is 6.09 Å². The van der Waals surface area contributed by atoms with E-state index >= 15 is 0 Å². The molecule has 2 aliphatic heterocycles. The maximum Gasteiger partial charge on any atom is 0.418 e. The van der Waals surface area contributed by atoms with E-state index in [9.17, 15) is 4.79 Å². The van der Waals surface area contributed by atoms with Crippen molar-refractivity contribution in [3.05, 3.63) is 54.4 Å². The molecule has 0 radical (unpaired) electrons. The largest absolute Gasteiger partial charge is 0.445 e. The normalized spacial score (nSPS) is 20.8. The Kier molecular flexibility index (Phi) is 2.99. The first-order valence-corrected chi connectivity index (χ1v) is 7.81. The van der Waals surface area contributed by atoms with Gasteiger partial charge in [-0.25, -0.2) is 4.79 Å². The Morgan fingerprint density at radius 1 is 1.36 bits per heavy atom. The van der Waals surface area contributed by atoms with Gasteiger partial charge < -0.3 is 9.64 Å². The molecule has 0 N–H and O–H groups in total. The van der Waals surface area contributed by atoms with Crippen molar-refractivity contribution in [3.8, 4) is 0 Å². The van der Waals surface area contributed by atoms with Gasteiger partial charge in [0.25, 0.3) is 0 Å². The van der Waals surface area contributed by atoms with Gasteiger partial charge in [-0.05, 0) is 36.3 Å². The fourth-order valence-corrected chi connectivity index (χ4v) is 3.51. The van der Waals surface area contributed by atoms with Gasteiger partial charge in [-0.15, -0.1) is 0 Å². The summed E-state index contributed by atoms with van der Waals surface area (Å²) in [6.45, 7) is 5.82. The number of carbonyl (C=O) groups is 1. The summed E-state index contributed by atoms with van der Waals surface area (Å²) in [6.07, 6.45) is 6.93. The van der Waals surface area contributed by atoms with Crippen LogP contribution in [0.25, 0.3) is 0 Å². The number of carbonyl (C=O) groups excluding carboxylic acids is 1. The van der Waals surface area contributed by atoms with Crippen molar-refractivity contribution < 1.29 is 9.53 Å². The quantitative estimate of drug-likeness (QED) is 0.781.